The van der Waals surface area contributed by atoms with E-state index in [0.717, 1.165) is 30.4 Å². The van der Waals surface area contributed by atoms with Gasteiger partial charge in [-0.2, -0.15) is 4.31 Å². The van der Waals surface area contributed by atoms with Crippen LogP contribution in [0.2, 0.25) is 0 Å². The van der Waals surface area contributed by atoms with E-state index in [4.69, 9.17) is 5.73 Å². The Morgan fingerprint density at radius 3 is 2.45 bits per heavy atom. The molecule has 5 heteroatoms. The molecule has 0 atom stereocenters. The second-order valence-electron chi connectivity index (χ2n) is 5.57. The third-order valence-corrected chi connectivity index (χ3v) is 6.05. The number of nitrogens with zero attached hydrogens (tertiary/aromatic N) is 1. The van der Waals surface area contributed by atoms with Gasteiger partial charge in [-0.25, -0.2) is 8.42 Å². The second-order valence-corrected chi connectivity index (χ2v) is 7.51. The van der Waals surface area contributed by atoms with Crippen LogP contribution < -0.4 is 5.73 Å². The highest BCUT2D eigenvalue weighted by molar-refractivity contribution is 7.89. The number of rotatable bonds is 4. The van der Waals surface area contributed by atoms with Crippen molar-refractivity contribution in [2.45, 2.75) is 44.6 Å². The van der Waals surface area contributed by atoms with E-state index in [0.29, 0.717) is 30.4 Å². The fourth-order valence-corrected chi connectivity index (χ4v) is 4.19. The first-order chi connectivity index (χ1) is 9.48. The Kier molecular flexibility index (Phi) is 4.83. The summed E-state index contributed by atoms with van der Waals surface area (Å²) in [6, 6.07) is 5.35. The fourth-order valence-electron chi connectivity index (χ4n) is 2.67. The molecule has 20 heavy (non-hydrogen) atoms. The maximum absolute atomic E-state index is 12.6. The molecule has 0 spiro atoms. The molecule has 0 saturated carbocycles. The summed E-state index contributed by atoms with van der Waals surface area (Å²) < 4.78 is 26.9. The first kappa shape index (κ1) is 15.5. The number of benzene rings is 1. The smallest absolute Gasteiger partial charge is 0.243 e. The van der Waals surface area contributed by atoms with E-state index < -0.39 is 10.0 Å². The Morgan fingerprint density at radius 2 is 1.90 bits per heavy atom. The molecule has 1 heterocycles. The van der Waals surface area contributed by atoms with Crippen LogP contribution in [0, 0.1) is 5.92 Å². The zero-order valence-electron chi connectivity index (χ0n) is 12.3. The molecule has 0 aliphatic carbocycles. The van der Waals surface area contributed by atoms with Gasteiger partial charge in [0, 0.05) is 19.6 Å². The van der Waals surface area contributed by atoms with E-state index >= 15 is 0 Å². The zero-order chi connectivity index (χ0) is 14.8. The fraction of sp³-hybridized carbons (Fsp3) is 0.600. The van der Waals surface area contributed by atoms with Crippen molar-refractivity contribution >= 4 is 10.0 Å². The molecule has 0 unspecified atom stereocenters. The van der Waals surface area contributed by atoms with Crippen molar-refractivity contribution in [3.63, 3.8) is 0 Å². The van der Waals surface area contributed by atoms with Gasteiger partial charge in [0.05, 0.1) is 4.90 Å². The van der Waals surface area contributed by atoms with E-state index in [9.17, 15) is 8.42 Å². The molecule has 0 bridgehead atoms. The average Bonchev–Trinajstić information content (AvgIpc) is 2.46. The molecule has 0 aromatic heterocycles. The summed E-state index contributed by atoms with van der Waals surface area (Å²) in [4.78, 5) is 0.379. The lowest BCUT2D eigenvalue weighted by Gasteiger charge is -2.29. The average molecular weight is 296 g/mol. The van der Waals surface area contributed by atoms with Gasteiger partial charge in [-0.3, -0.25) is 0 Å². The van der Waals surface area contributed by atoms with Crippen LogP contribution in [0.4, 0.5) is 0 Å². The monoisotopic (exact) mass is 296 g/mol. The molecule has 1 saturated heterocycles. The third kappa shape index (κ3) is 3.05. The molecule has 2 rings (SSSR count). The molecular weight excluding hydrogens is 272 g/mol. The molecule has 1 aliphatic rings. The molecular formula is C15H24N2O2S. The number of piperidine rings is 1. The van der Waals surface area contributed by atoms with Crippen LogP contribution in [-0.2, 0) is 23.0 Å². The summed E-state index contributed by atoms with van der Waals surface area (Å²) in [7, 11) is -3.37. The molecule has 2 N–H and O–H groups in total. The highest BCUT2D eigenvalue weighted by Gasteiger charge is 2.28. The first-order valence-electron chi connectivity index (χ1n) is 7.31. The summed E-state index contributed by atoms with van der Waals surface area (Å²) in [6.07, 6.45) is 2.75. The topological polar surface area (TPSA) is 63.4 Å². The summed E-state index contributed by atoms with van der Waals surface area (Å²) in [5, 5.41) is 0. The zero-order valence-corrected chi connectivity index (χ0v) is 13.1. The Bertz CT molecular complexity index is 561. The molecule has 1 fully saturated rings. The van der Waals surface area contributed by atoms with Crippen molar-refractivity contribution in [1.82, 2.24) is 4.31 Å². The summed E-state index contributed by atoms with van der Waals surface area (Å²) in [5.41, 5.74) is 7.78. The highest BCUT2D eigenvalue weighted by Crippen LogP contribution is 2.25. The maximum atomic E-state index is 12.6. The van der Waals surface area contributed by atoms with Crippen LogP contribution in [0.1, 0.15) is 37.8 Å². The Labute approximate surface area is 122 Å². The second kappa shape index (κ2) is 6.24. The summed E-state index contributed by atoms with van der Waals surface area (Å²) >= 11 is 0. The standard InChI is InChI=1S/C15H24N2O2S/c1-3-13-4-5-15(10-14(13)11-16)20(18,19)17-8-6-12(2)7-9-17/h4-5,10,12H,3,6-9,11,16H2,1-2H3. The van der Waals surface area contributed by atoms with E-state index in [1.54, 1.807) is 16.4 Å². The van der Waals surface area contributed by atoms with Crippen LogP contribution in [0.15, 0.2) is 23.1 Å². The third-order valence-electron chi connectivity index (χ3n) is 4.16. The van der Waals surface area contributed by atoms with Gasteiger partial charge in [-0.05, 0) is 48.4 Å². The largest absolute Gasteiger partial charge is 0.326 e. The number of aryl methyl sites for hydroxylation is 1. The SMILES string of the molecule is CCc1ccc(S(=O)(=O)N2CCC(C)CC2)cc1CN. The Balaban J connectivity index is 2.30. The van der Waals surface area contributed by atoms with Gasteiger partial charge < -0.3 is 5.73 Å². The molecule has 0 amide bonds. The predicted octanol–water partition coefficient (Wildman–Crippen LogP) is 2.13. The predicted molar refractivity (Wildman–Crippen MR) is 80.9 cm³/mol. The van der Waals surface area contributed by atoms with Crippen molar-refractivity contribution < 1.29 is 8.42 Å². The molecule has 4 nitrogen and oxygen atoms in total. The van der Waals surface area contributed by atoms with Gasteiger partial charge >= 0.3 is 0 Å². The first-order valence-corrected chi connectivity index (χ1v) is 8.75. The van der Waals surface area contributed by atoms with Gasteiger partial charge in [0.15, 0.2) is 0 Å². The molecule has 0 radical (unpaired) electrons. The van der Waals surface area contributed by atoms with Crippen LogP contribution >= 0.6 is 0 Å². The van der Waals surface area contributed by atoms with Crippen molar-refractivity contribution in [3.05, 3.63) is 29.3 Å². The van der Waals surface area contributed by atoms with E-state index in [2.05, 4.69) is 13.8 Å². The van der Waals surface area contributed by atoms with Gasteiger partial charge in [0.1, 0.15) is 0 Å². The highest BCUT2D eigenvalue weighted by atomic mass is 32.2. The van der Waals surface area contributed by atoms with Crippen molar-refractivity contribution in [2.75, 3.05) is 13.1 Å². The quantitative estimate of drug-likeness (QED) is 0.925. The lowest BCUT2D eigenvalue weighted by molar-refractivity contribution is 0.288. The molecule has 1 aromatic carbocycles. The van der Waals surface area contributed by atoms with Gasteiger partial charge in [0.2, 0.25) is 10.0 Å². The van der Waals surface area contributed by atoms with Crippen LogP contribution in [0.5, 0.6) is 0 Å². The maximum Gasteiger partial charge on any atom is 0.243 e. The minimum Gasteiger partial charge on any atom is -0.326 e. The Morgan fingerprint density at radius 1 is 1.25 bits per heavy atom. The molecule has 1 aromatic rings. The number of hydrogen-bond donors (Lipinski definition) is 1. The lowest BCUT2D eigenvalue weighted by Crippen LogP contribution is -2.37. The van der Waals surface area contributed by atoms with Crippen molar-refractivity contribution in [1.29, 1.82) is 0 Å². The van der Waals surface area contributed by atoms with E-state index in [1.165, 1.54) is 0 Å². The van der Waals surface area contributed by atoms with Crippen LogP contribution in [0.3, 0.4) is 0 Å². The number of hydrogen-bond acceptors (Lipinski definition) is 3. The summed E-state index contributed by atoms with van der Waals surface area (Å²) in [5.74, 6) is 0.614. The van der Waals surface area contributed by atoms with Gasteiger partial charge in [0.25, 0.3) is 0 Å². The van der Waals surface area contributed by atoms with E-state index in [1.807, 2.05) is 6.07 Å². The number of sulfonamides is 1. The van der Waals surface area contributed by atoms with Crippen molar-refractivity contribution in [2.24, 2.45) is 11.7 Å². The van der Waals surface area contributed by atoms with Crippen LogP contribution in [0.25, 0.3) is 0 Å². The van der Waals surface area contributed by atoms with Crippen LogP contribution in [-0.4, -0.2) is 25.8 Å². The lowest BCUT2D eigenvalue weighted by atomic mass is 10.0. The van der Waals surface area contributed by atoms with Gasteiger partial charge in [-0.15, -0.1) is 0 Å². The molecule has 112 valence electrons. The normalized spacial score (nSPS) is 18.4. The Hall–Kier alpha value is -0.910. The minimum atomic E-state index is -3.37. The van der Waals surface area contributed by atoms with Gasteiger partial charge in [-0.1, -0.05) is 19.9 Å². The van der Waals surface area contributed by atoms with Crippen molar-refractivity contribution in [3.8, 4) is 0 Å². The molecule has 1 aliphatic heterocycles. The van der Waals surface area contributed by atoms with E-state index in [-0.39, 0.29) is 0 Å². The summed E-state index contributed by atoms with van der Waals surface area (Å²) in [6.45, 7) is 5.85. The minimum absolute atomic E-state index is 0.379. The number of nitrogens with two attached hydrogens (primary N) is 1.